The van der Waals surface area contributed by atoms with E-state index >= 15 is 0 Å². The van der Waals surface area contributed by atoms with Gasteiger partial charge in [-0.3, -0.25) is 0 Å². The molecule has 0 saturated heterocycles. The van der Waals surface area contributed by atoms with Crippen molar-refractivity contribution in [2.75, 3.05) is 11.9 Å². The minimum Gasteiger partial charge on any atom is -0.389 e. The van der Waals surface area contributed by atoms with Crippen molar-refractivity contribution < 1.29 is 4.39 Å². The lowest BCUT2D eigenvalue weighted by Crippen LogP contribution is -2.18. The highest BCUT2D eigenvalue weighted by atomic mass is 32.1. The number of aryl methyl sites for hydroxylation is 1. The molecule has 2 rings (SSSR count). The number of anilines is 1. The van der Waals surface area contributed by atoms with Crippen LogP contribution in [0.4, 0.5) is 10.1 Å². The quantitative estimate of drug-likeness (QED) is 0.855. The minimum atomic E-state index is -0.243. The van der Waals surface area contributed by atoms with Crippen molar-refractivity contribution in [1.82, 2.24) is 0 Å². The van der Waals surface area contributed by atoms with Crippen LogP contribution in [0.15, 0.2) is 42.5 Å². The van der Waals surface area contributed by atoms with E-state index in [1.54, 1.807) is 12.1 Å². The van der Waals surface area contributed by atoms with Crippen molar-refractivity contribution in [3.05, 3.63) is 65.0 Å². The molecule has 0 saturated carbocycles. The van der Waals surface area contributed by atoms with Gasteiger partial charge >= 0.3 is 0 Å². The highest BCUT2D eigenvalue weighted by molar-refractivity contribution is 7.80. The molecule has 2 N–H and O–H groups in total. The summed E-state index contributed by atoms with van der Waals surface area (Å²) in [4.78, 5) is 2.28. The SMILES string of the molecule is CCc1ccc(N(C)Cc2cc(C(N)=S)ccc2F)cc1. The van der Waals surface area contributed by atoms with Crippen LogP contribution >= 0.6 is 12.2 Å². The number of hydrogen-bond acceptors (Lipinski definition) is 2. The van der Waals surface area contributed by atoms with Gasteiger partial charge in [0.05, 0.1) is 0 Å². The van der Waals surface area contributed by atoms with Crippen molar-refractivity contribution >= 4 is 22.9 Å². The molecule has 0 spiro atoms. The zero-order valence-electron chi connectivity index (χ0n) is 12.3. The minimum absolute atomic E-state index is 0.243. The van der Waals surface area contributed by atoms with Gasteiger partial charge < -0.3 is 10.6 Å². The third-order valence-corrected chi connectivity index (χ3v) is 3.76. The predicted molar refractivity (Wildman–Crippen MR) is 90.2 cm³/mol. The molecule has 2 aromatic carbocycles. The maximum absolute atomic E-state index is 13.9. The number of halogens is 1. The van der Waals surface area contributed by atoms with Crippen molar-refractivity contribution in [3.8, 4) is 0 Å². The summed E-state index contributed by atoms with van der Waals surface area (Å²) in [6, 6.07) is 13.0. The Morgan fingerprint density at radius 2 is 1.86 bits per heavy atom. The molecule has 0 fully saturated rings. The Labute approximate surface area is 130 Å². The third-order valence-electron chi connectivity index (χ3n) is 3.52. The molecule has 0 aliphatic rings. The first-order valence-electron chi connectivity index (χ1n) is 6.89. The second kappa shape index (κ2) is 6.68. The number of benzene rings is 2. The highest BCUT2D eigenvalue weighted by Gasteiger charge is 2.09. The molecule has 0 unspecified atom stereocenters. The van der Waals surface area contributed by atoms with E-state index < -0.39 is 0 Å². The molecule has 0 radical (unpaired) electrons. The van der Waals surface area contributed by atoms with E-state index in [9.17, 15) is 4.39 Å². The van der Waals surface area contributed by atoms with Crippen LogP contribution in [0.2, 0.25) is 0 Å². The smallest absolute Gasteiger partial charge is 0.128 e. The van der Waals surface area contributed by atoms with Gasteiger partial charge in [-0.05, 0) is 42.3 Å². The van der Waals surface area contributed by atoms with E-state index in [2.05, 4.69) is 19.1 Å². The molecule has 110 valence electrons. The number of hydrogen-bond donors (Lipinski definition) is 1. The van der Waals surface area contributed by atoms with E-state index in [-0.39, 0.29) is 10.8 Å². The van der Waals surface area contributed by atoms with Crippen molar-refractivity contribution in [3.63, 3.8) is 0 Å². The first kappa shape index (κ1) is 15.4. The van der Waals surface area contributed by atoms with Crippen LogP contribution in [0.25, 0.3) is 0 Å². The second-order valence-corrected chi connectivity index (χ2v) is 5.49. The maximum Gasteiger partial charge on any atom is 0.128 e. The molecule has 21 heavy (non-hydrogen) atoms. The maximum atomic E-state index is 13.9. The molecule has 0 atom stereocenters. The van der Waals surface area contributed by atoms with Crippen LogP contribution in [0, 0.1) is 5.82 Å². The molecule has 4 heteroatoms. The molecule has 0 aromatic heterocycles. The highest BCUT2D eigenvalue weighted by Crippen LogP contribution is 2.19. The molecule has 0 bridgehead atoms. The van der Waals surface area contributed by atoms with Crippen LogP contribution in [0.1, 0.15) is 23.6 Å². The number of nitrogens with two attached hydrogens (primary N) is 1. The molecule has 0 aliphatic heterocycles. The van der Waals surface area contributed by atoms with Crippen LogP contribution in [0.3, 0.4) is 0 Å². The first-order chi connectivity index (χ1) is 10.0. The summed E-state index contributed by atoms with van der Waals surface area (Å²) in [7, 11) is 1.94. The predicted octanol–water partition coefficient (Wildman–Crippen LogP) is 3.66. The molecule has 0 aliphatic carbocycles. The van der Waals surface area contributed by atoms with Gasteiger partial charge in [-0.1, -0.05) is 31.3 Å². The topological polar surface area (TPSA) is 29.3 Å². The molecular weight excluding hydrogens is 283 g/mol. The van der Waals surface area contributed by atoms with Gasteiger partial charge in [0.25, 0.3) is 0 Å². The Bertz CT molecular complexity index is 638. The normalized spacial score (nSPS) is 10.4. The lowest BCUT2D eigenvalue weighted by atomic mass is 10.1. The zero-order valence-corrected chi connectivity index (χ0v) is 13.1. The Hall–Kier alpha value is -1.94. The molecule has 0 amide bonds. The van der Waals surface area contributed by atoms with Gasteiger partial charge in [-0.15, -0.1) is 0 Å². The zero-order chi connectivity index (χ0) is 15.4. The van der Waals surface area contributed by atoms with Crippen LogP contribution in [-0.4, -0.2) is 12.0 Å². The van der Waals surface area contributed by atoms with Gasteiger partial charge in [-0.25, -0.2) is 4.39 Å². The van der Waals surface area contributed by atoms with Crippen molar-refractivity contribution in [2.45, 2.75) is 19.9 Å². The number of thiocarbonyl (C=S) groups is 1. The van der Waals surface area contributed by atoms with Crippen LogP contribution < -0.4 is 10.6 Å². The van der Waals surface area contributed by atoms with Gasteiger partial charge in [0, 0.05) is 30.4 Å². The monoisotopic (exact) mass is 302 g/mol. The van der Waals surface area contributed by atoms with E-state index in [1.807, 2.05) is 24.1 Å². The molecule has 2 aromatic rings. The molecule has 2 nitrogen and oxygen atoms in total. The summed E-state index contributed by atoms with van der Waals surface area (Å²) < 4.78 is 13.9. The lowest BCUT2D eigenvalue weighted by Gasteiger charge is -2.20. The van der Waals surface area contributed by atoms with Gasteiger partial charge in [0.1, 0.15) is 10.8 Å². The summed E-state index contributed by atoms with van der Waals surface area (Å²) >= 11 is 4.94. The van der Waals surface area contributed by atoms with E-state index in [4.69, 9.17) is 18.0 Å². The molecular formula is C17H19FN2S. The Morgan fingerprint density at radius 3 is 2.43 bits per heavy atom. The summed E-state index contributed by atoms with van der Waals surface area (Å²) in [5, 5.41) is 0. The first-order valence-corrected chi connectivity index (χ1v) is 7.30. The lowest BCUT2D eigenvalue weighted by molar-refractivity contribution is 0.608. The van der Waals surface area contributed by atoms with E-state index in [1.165, 1.54) is 11.6 Å². The van der Waals surface area contributed by atoms with E-state index in [0.717, 1.165) is 12.1 Å². The number of rotatable bonds is 5. The summed E-state index contributed by atoms with van der Waals surface area (Å²) in [5.74, 6) is -0.243. The Morgan fingerprint density at radius 1 is 1.19 bits per heavy atom. The molecule has 0 heterocycles. The average Bonchev–Trinajstić information content (AvgIpc) is 2.49. The second-order valence-electron chi connectivity index (χ2n) is 5.05. The standard InChI is InChI=1S/C17H19FN2S/c1-3-12-4-7-15(8-5-12)20(2)11-14-10-13(17(19)21)6-9-16(14)18/h4-10H,3,11H2,1-2H3,(H2,19,21). The van der Waals surface area contributed by atoms with Crippen molar-refractivity contribution in [1.29, 1.82) is 0 Å². The third kappa shape index (κ3) is 3.79. The van der Waals surface area contributed by atoms with Crippen molar-refractivity contribution in [2.24, 2.45) is 5.73 Å². The van der Waals surface area contributed by atoms with Gasteiger partial charge in [0.2, 0.25) is 0 Å². The largest absolute Gasteiger partial charge is 0.389 e. The average molecular weight is 302 g/mol. The summed E-state index contributed by atoms with van der Waals surface area (Å²) in [5.41, 5.74) is 9.21. The Balaban J connectivity index is 2.19. The fourth-order valence-electron chi connectivity index (χ4n) is 2.18. The van der Waals surface area contributed by atoms with Gasteiger partial charge in [-0.2, -0.15) is 0 Å². The fourth-order valence-corrected chi connectivity index (χ4v) is 2.31. The van der Waals surface area contributed by atoms with Crippen LogP contribution in [0.5, 0.6) is 0 Å². The van der Waals surface area contributed by atoms with Gasteiger partial charge in [0.15, 0.2) is 0 Å². The summed E-state index contributed by atoms with van der Waals surface area (Å²) in [6.07, 6.45) is 1.01. The Kier molecular flexibility index (Phi) is 4.91. The summed E-state index contributed by atoms with van der Waals surface area (Å²) in [6.45, 7) is 2.59. The number of nitrogens with zero attached hydrogens (tertiary/aromatic N) is 1. The fraction of sp³-hybridized carbons (Fsp3) is 0.235. The van der Waals surface area contributed by atoms with Crippen LogP contribution in [-0.2, 0) is 13.0 Å². The van der Waals surface area contributed by atoms with E-state index in [0.29, 0.717) is 17.7 Å².